The number of anilines is 1. The second kappa shape index (κ2) is 8.84. The van der Waals surface area contributed by atoms with Crippen molar-refractivity contribution in [3.63, 3.8) is 0 Å². The van der Waals surface area contributed by atoms with Gasteiger partial charge in [-0.25, -0.2) is 9.59 Å². The minimum Gasteiger partial charge on any atom is -0.485 e. The van der Waals surface area contributed by atoms with Crippen LogP contribution in [0.25, 0.3) is 0 Å². The van der Waals surface area contributed by atoms with Gasteiger partial charge in [-0.3, -0.25) is 4.79 Å². The van der Waals surface area contributed by atoms with Crippen molar-refractivity contribution in [1.82, 2.24) is 4.90 Å². The largest absolute Gasteiger partial charge is 0.485 e. The van der Waals surface area contributed by atoms with Crippen molar-refractivity contribution < 1.29 is 33.3 Å². The molecule has 2 aliphatic heterocycles. The summed E-state index contributed by atoms with van der Waals surface area (Å²) in [6.07, 6.45) is -0.810. The van der Waals surface area contributed by atoms with Crippen LogP contribution in [0.3, 0.4) is 0 Å². The van der Waals surface area contributed by atoms with E-state index in [1.54, 1.807) is 30.0 Å². The zero-order valence-corrected chi connectivity index (χ0v) is 18.0. The molecule has 2 aromatic rings. The highest BCUT2D eigenvalue weighted by Crippen LogP contribution is 2.38. The third-order valence-corrected chi connectivity index (χ3v) is 6.14. The molecule has 3 heterocycles. The van der Waals surface area contributed by atoms with E-state index in [-0.39, 0.29) is 13.2 Å². The Morgan fingerprint density at radius 2 is 2.03 bits per heavy atom. The number of para-hydroxylation sites is 2. The molecule has 1 atom stereocenters. The van der Waals surface area contributed by atoms with Crippen molar-refractivity contribution in [1.29, 1.82) is 0 Å². The number of benzene rings is 1. The minimum atomic E-state index is -0.865. The molecule has 0 bridgehead atoms. The molecular weight excluding hydrogens is 424 g/mol. The Hall–Kier alpha value is -3.27. The van der Waals surface area contributed by atoms with Gasteiger partial charge in [0.15, 0.2) is 11.5 Å². The Morgan fingerprint density at radius 3 is 2.77 bits per heavy atom. The molecule has 0 spiro atoms. The summed E-state index contributed by atoms with van der Waals surface area (Å²) in [4.78, 5) is 39.8. The van der Waals surface area contributed by atoms with Crippen molar-refractivity contribution in [2.75, 3.05) is 32.2 Å². The van der Waals surface area contributed by atoms with Crippen LogP contribution in [0, 0.1) is 0 Å². The van der Waals surface area contributed by atoms with Gasteiger partial charge in [0.25, 0.3) is 5.91 Å². The van der Waals surface area contributed by atoms with E-state index in [9.17, 15) is 14.4 Å². The standard InChI is InChI=1S/C21H22N2O7S/c1-3-28-21(26)23-9-8-12-16(10-23)31-19(17(12)20(25)27-2)22-18(24)15-11-29-13-6-4-5-7-14(13)30-15/h4-7,15H,3,8-11H2,1-2H3,(H,22,24). The lowest BCUT2D eigenvalue weighted by Gasteiger charge is -2.26. The number of ether oxygens (including phenoxy) is 4. The molecular formula is C21H22N2O7S. The van der Waals surface area contributed by atoms with Crippen molar-refractivity contribution in [2.45, 2.75) is 26.0 Å². The van der Waals surface area contributed by atoms with Crippen LogP contribution in [0.2, 0.25) is 0 Å². The number of hydrogen-bond acceptors (Lipinski definition) is 8. The number of carbonyl (C=O) groups is 3. The lowest BCUT2D eigenvalue weighted by Crippen LogP contribution is -2.40. The summed E-state index contributed by atoms with van der Waals surface area (Å²) in [5.41, 5.74) is 1.09. The number of nitrogens with zero attached hydrogens (tertiary/aromatic N) is 1. The van der Waals surface area contributed by atoms with E-state index in [0.717, 1.165) is 10.4 Å². The van der Waals surface area contributed by atoms with Crippen LogP contribution in [-0.4, -0.2) is 55.8 Å². The average Bonchev–Trinajstić information content (AvgIpc) is 3.15. The molecule has 0 saturated carbocycles. The maximum Gasteiger partial charge on any atom is 0.410 e. The fourth-order valence-corrected chi connectivity index (χ4v) is 4.78. The fourth-order valence-electron chi connectivity index (χ4n) is 3.52. The van der Waals surface area contributed by atoms with E-state index >= 15 is 0 Å². The molecule has 31 heavy (non-hydrogen) atoms. The molecule has 0 saturated heterocycles. The molecule has 4 rings (SSSR count). The number of carbonyl (C=O) groups excluding carboxylic acids is 3. The van der Waals surface area contributed by atoms with Crippen molar-refractivity contribution in [2.24, 2.45) is 0 Å². The van der Waals surface area contributed by atoms with Crippen molar-refractivity contribution in [3.05, 3.63) is 40.3 Å². The summed E-state index contributed by atoms with van der Waals surface area (Å²) in [5, 5.41) is 3.16. The first-order valence-electron chi connectivity index (χ1n) is 9.85. The van der Waals surface area contributed by atoms with E-state index in [2.05, 4.69) is 5.32 Å². The Balaban J connectivity index is 1.55. The summed E-state index contributed by atoms with van der Waals surface area (Å²) < 4.78 is 21.4. The van der Waals surface area contributed by atoms with Crippen molar-refractivity contribution >= 4 is 34.3 Å². The normalized spacial score (nSPS) is 16.8. The Kier molecular flexibility index (Phi) is 5.99. The molecule has 0 fully saturated rings. The highest BCUT2D eigenvalue weighted by molar-refractivity contribution is 7.17. The molecule has 1 unspecified atom stereocenters. The zero-order chi connectivity index (χ0) is 22.0. The van der Waals surface area contributed by atoms with Crippen LogP contribution >= 0.6 is 11.3 Å². The Morgan fingerprint density at radius 1 is 1.26 bits per heavy atom. The van der Waals surface area contributed by atoms with Gasteiger partial charge in [-0.2, -0.15) is 0 Å². The smallest absolute Gasteiger partial charge is 0.410 e. The molecule has 0 aliphatic carbocycles. The number of hydrogen-bond donors (Lipinski definition) is 1. The van der Waals surface area contributed by atoms with E-state index in [4.69, 9.17) is 18.9 Å². The lowest BCUT2D eigenvalue weighted by molar-refractivity contribution is -0.125. The number of esters is 1. The van der Waals surface area contributed by atoms with Crippen LogP contribution < -0.4 is 14.8 Å². The monoisotopic (exact) mass is 446 g/mol. The number of thiophene rings is 1. The summed E-state index contributed by atoms with van der Waals surface area (Å²) in [6, 6.07) is 7.10. The van der Waals surface area contributed by atoms with Gasteiger partial charge in [-0.05, 0) is 31.0 Å². The van der Waals surface area contributed by atoms with Gasteiger partial charge in [0.05, 0.1) is 25.8 Å². The molecule has 9 nitrogen and oxygen atoms in total. The fraction of sp³-hybridized carbons (Fsp3) is 0.381. The first-order valence-corrected chi connectivity index (χ1v) is 10.7. The van der Waals surface area contributed by atoms with Crippen LogP contribution in [-0.2, 0) is 27.2 Å². The first-order chi connectivity index (χ1) is 15.0. The number of amides is 2. The van der Waals surface area contributed by atoms with Crippen LogP contribution in [0.15, 0.2) is 24.3 Å². The van der Waals surface area contributed by atoms with Crippen LogP contribution in [0.1, 0.15) is 27.7 Å². The highest BCUT2D eigenvalue weighted by atomic mass is 32.1. The number of fused-ring (bicyclic) bond motifs is 2. The molecule has 0 radical (unpaired) electrons. The molecule has 2 amide bonds. The van der Waals surface area contributed by atoms with Crippen molar-refractivity contribution in [3.8, 4) is 11.5 Å². The topological polar surface area (TPSA) is 103 Å². The minimum absolute atomic E-state index is 0.0537. The predicted molar refractivity (Wildman–Crippen MR) is 112 cm³/mol. The summed E-state index contributed by atoms with van der Waals surface area (Å²) in [7, 11) is 1.29. The van der Waals surface area contributed by atoms with Crippen LogP contribution in [0.4, 0.5) is 9.80 Å². The maximum absolute atomic E-state index is 12.9. The molecule has 10 heteroatoms. The van der Waals surface area contributed by atoms with Gasteiger partial charge >= 0.3 is 12.1 Å². The Bertz CT molecular complexity index is 1020. The van der Waals surface area contributed by atoms with Gasteiger partial charge in [-0.1, -0.05) is 12.1 Å². The summed E-state index contributed by atoms with van der Waals surface area (Å²) >= 11 is 1.24. The van der Waals surface area contributed by atoms with Gasteiger partial charge in [-0.15, -0.1) is 11.3 Å². The average molecular weight is 446 g/mol. The van der Waals surface area contributed by atoms with Gasteiger partial charge in [0.2, 0.25) is 6.10 Å². The Labute approximate surface area is 182 Å². The number of methoxy groups -OCH3 is 1. The molecule has 2 aliphatic rings. The number of rotatable bonds is 4. The molecule has 1 aromatic carbocycles. The SMILES string of the molecule is CCOC(=O)N1CCc2c(sc(NC(=O)C3COc4ccccc4O3)c2C(=O)OC)C1. The first kappa shape index (κ1) is 21.0. The van der Waals surface area contributed by atoms with Crippen LogP contribution in [0.5, 0.6) is 11.5 Å². The van der Waals surface area contributed by atoms with E-state index in [1.807, 2.05) is 6.07 Å². The van der Waals surface area contributed by atoms with E-state index in [1.165, 1.54) is 18.4 Å². The summed E-state index contributed by atoms with van der Waals surface area (Å²) in [6.45, 7) is 2.80. The molecule has 1 aromatic heterocycles. The third kappa shape index (κ3) is 4.15. The van der Waals surface area contributed by atoms with E-state index in [0.29, 0.717) is 41.6 Å². The molecule has 1 N–H and O–H groups in total. The second-order valence-electron chi connectivity index (χ2n) is 6.92. The third-order valence-electron chi connectivity index (χ3n) is 5.01. The predicted octanol–water partition coefficient (Wildman–Crippen LogP) is 2.83. The quantitative estimate of drug-likeness (QED) is 0.721. The number of nitrogens with one attached hydrogen (secondary N) is 1. The van der Waals surface area contributed by atoms with Gasteiger partial charge < -0.3 is 29.2 Å². The van der Waals surface area contributed by atoms with Gasteiger partial charge in [0.1, 0.15) is 11.6 Å². The zero-order valence-electron chi connectivity index (χ0n) is 17.1. The summed E-state index contributed by atoms with van der Waals surface area (Å²) in [5.74, 6) is 0.0918. The maximum atomic E-state index is 12.9. The highest BCUT2D eigenvalue weighted by Gasteiger charge is 2.33. The second-order valence-corrected chi connectivity index (χ2v) is 8.03. The van der Waals surface area contributed by atoms with E-state index < -0.39 is 24.1 Å². The van der Waals surface area contributed by atoms with Gasteiger partial charge in [0, 0.05) is 11.4 Å². The lowest BCUT2D eigenvalue weighted by atomic mass is 10.0. The molecule has 164 valence electrons.